The number of piperidine rings is 1. The summed E-state index contributed by atoms with van der Waals surface area (Å²) in [5.41, 5.74) is 0.883. The van der Waals surface area contributed by atoms with E-state index in [-0.39, 0.29) is 23.4 Å². The Bertz CT molecular complexity index is 933. The van der Waals surface area contributed by atoms with Crippen LogP contribution >= 0.6 is 0 Å². The molecule has 0 spiro atoms. The van der Waals surface area contributed by atoms with Crippen LogP contribution in [0.4, 0.5) is 4.39 Å². The average Bonchev–Trinajstić information content (AvgIpc) is 3.31. The number of hydrogen-bond acceptors (Lipinski definition) is 4. The summed E-state index contributed by atoms with van der Waals surface area (Å²) in [5.74, 6) is 0.0105. The van der Waals surface area contributed by atoms with Gasteiger partial charge in [-0.05, 0) is 43.5 Å². The third-order valence-electron chi connectivity index (χ3n) is 4.76. The quantitative estimate of drug-likeness (QED) is 0.721. The van der Waals surface area contributed by atoms with Crippen LogP contribution in [0.2, 0.25) is 0 Å². The van der Waals surface area contributed by atoms with E-state index in [0.29, 0.717) is 18.1 Å². The van der Waals surface area contributed by atoms with E-state index in [2.05, 4.69) is 10.2 Å². The lowest BCUT2D eigenvalue weighted by atomic mass is 10.0. The van der Waals surface area contributed by atoms with E-state index in [4.69, 9.17) is 4.42 Å². The number of rotatable bonds is 3. The molecule has 1 aromatic carbocycles. The molecule has 1 saturated heterocycles. The molecule has 3 aromatic rings. The van der Waals surface area contributed by atoms with Crippen molar-refractivity contribution in [1.82, 2.24) is 19.7 Å². The van der Waals surface area contributed by atoms with Crippen molar-refractivity contribution < 1.29 is 13.6 Å². The molecule has 0 aliphatic carbocycles. The van der Waals surface area contributed by atoms with Crippen LogP contribution in [0.25, 0.3) is 11.5 Å². The van der Waals surface area contributed by atoms with E-state index in [1.807, 2.05) is 19.3 Å². The maximum Gasteiger partial charge on any atom is 0.271 e. The predicted molar refractivity (Wildman–Crippen MR) is 92.7 cm³/mol. The van der Waals surface area contributed by atoms with Crippen molar-refractivity contribution in [2.75, 3.05) is 6.54 Å². The van der Waals surface area contributed by atoms with Crippen molar-refractivity contribution in [3.63, 3.8) is 0 Å². The lowest BCUT2D eigenvalue weighted by Gasteiger charge is -2.33. The third-order valence-corrected chi connectivity index (χ3v) is 4.76. The maximum absolute atomic E-state index is 14.0. The minimum atomic E-state index is -0.414. The minimum absolute atomic E-state index is 0.0622. The monoisotopic (exact) mass is 354 g/mol. The van der Waals surface area contributed by atoms with E-state index in [0.717, 1.165) is 19.3 Å². The molecule has 1 unspecified atom stereocenters. The van der Waals surface area contributed by atoms with Crippen LogP contribution in [-0.4, -0.2) is 32.1 Å². The first-order valence-electron chi connectivity index (χ1n) is 8.66. The molecule has 0 radical (unpaired) electrons. The first-order valence-corrected chi connectivity index (χ1v) is 8.66. The fraction of sp³-hybridized carbons (Fsp3) is 0.316. The first-order chi connectivity index (χ1) is 12.6. The highest BCUT2D eigenvalue weighted by Gasteiger charge is 2.33. The molecule has 2 aromatic heterocycles. The number of carbonyl (C=O) groups is 1. The number of likely N-dealkylation sites (tertiary alicyclic amines) is 1. The zero-order valence-corrected chi connectivity index (χ0v) is 14.4. The molecule has 7 heteroatoms. The molecule has 1 amide bonds. The molecule has 3 heterocycles. The number of hydrogen-bond donors (Lipinski definition) is 0. The van der Waals surface area contributed by atoms with Crippen LogP contribution in [-0.2, 0) is 7.05 Å². The highest BCUT2D eigenvalue weighted by molar-refractivity contribution is 5.93. The van der Waals surface area contributed by atoms with Crippen molar-refractivity contribution in [2.24, 2.45) is 7.05 Å². The Hall–Kier alpha value is -2.96. The van der Waals surface area contributed by atoms with Crippen molar-refractivity contribution in [2.45, 2.75) is 25.3 Å². The summed E-state index contributed by atoms with van der Waals surface area (Å²) >= 11 is 0. The van der Waals surface area contributed by atoms with Gasteiger partial charge in [0.15, 0.2) is 0 Å². The largest absolute Gasteiger partial charge is 0.418 e. The summed E-state index contributed by atoms with van der Waals surface area (Å²) in [6.07, 6.45) is 4.49. The van der Waals surface area contributed by atoms with Gasteiger partial charge in [-0.2, -0.15) is 0 Å². The Morgan fingerprint density at radius 2 is 2.04 bits per heavy atom. The zero-order valence-electron chi connectivity index (χ0n) is 14.4. The van der Waals surface area contributed by atoms with Crippen molar-refractivity contribution in [1.29, 1.82) is 0 Å². The van der Waals surface area contributed by atoms with Crippen molar-refractivity contribution in [3.05, 3.63) is 60.0 Å². The van der Waals surface area contributed by atoms with Gasteiger partial charge in [-0.1, -0.05) is 12.1 Å². The maximum atomic E-state index is 14.0. The first kappa shape index (κ1) is 16.5. The van der Waals surface area contributed by atoms with E-state index in [9.17, 15) is 9.18 Å². The van der Waals surface area contributed by atoms with Gasteiger partial charge in [-0.15, -0.1) is 10.2 Å². The van der Waals surface area contributed by atoms with Crippen LogP contribution in [0, 0.1) is 5.82 Å². The van der Waals surface area contributed by atoms with E-state index >= 15 is 0 Å². The topological polar surface area (TPSA) is 64.2 Å². The van der Waals surface area contributed by atoms with Crippen LogP contribution in [0.5, 0.6) is 0 Å². The molecule has 26 heavy (non-hydrogen) atoms. The summed E-state index contributed by atoms with van der Waals surface area (Å²) in [6.45, 7) is 0.631. The van der Waals surface area contributed by atoms with Gasteiger partial charge in [-0.25, -0.2) is 4.39 Å². The van der Waals surface area contributed by atoms with Crippen LogP contribution in [0.1, 0.15) is 41.7 Å². The number of amides is 1. The summed E-state index contributed by atoms with van der Waals surface area (Å²) < 4.78 is 21.5. The second-order valence-electron chi connectivity index (χ2n) is 6.44. The number of nitrogens with zero attached hydrogens (tertiary/aromatic N) is 4. The second kappa shape index (κ2) is 6.74. The van der Waals surface area contributed by atoms with E-state index in [1.165, 1.54) is 6.07 Å². The van der Waals surface area contributed by atoms with Gasteiger partial charge in [0.05, 0.1) is 5.56 Å². The number of halogens is 1. The number of aromatic nitrogens is 3. The zero-order chi connectivity index (χ0) is 18.1. The standard InChI is InChI=1S/C19H19FN4O2/c1-23-11-6-10-16(23)19(25)24-12-5-4-9-15(24)18-22-21-17(26-18)13-7-2-3-8-14(13)20/h2-3,6-8,10-11,15H,4-5,9,12H2,1H3. The van der Waals surface area contributed by atoms with Crippen LogP contribution in [0.15, 0.2) is 47.0 Å². The fourth-order valence-electron chi connectivity index (χ4n) is 3.37. The highest BCUT2D eigenvalue weighted by Crippen LogP contribution is 2.33. The molecule has 0 saturated carbocycles. The Morgan fingerprint density at radius 3 is 2.81 bits per heavy atom. The predicted octanol–water partition coefficient (Wildman–Crippen LogP) is 3.58. The normalized spacial score (nSPS) is 17.5. The lowest BCUT2D eigenvalue weighted by Crippen LogP contribution is -2.39. The fourth-order valence-corrected chi connectivity index (χ4v) is 3.37. The highest BCUT2D eigenvalue weighted by atomic mass is 19.1. The summed E-state index contributed by atoms with van der Waals surface area (Å²) in [5, 5.41) is 8.11. The number of aryl methyl sites for hydroxylation is 1. The lowest BCUT2D eigenvalue weighted by molar-refractivity contribution is 0.0562. The molecule has 1 fully saturated rings. The van der Waals surface area contributed by atoms with Gasteiger partial charge >= 0.3 is 0 Å². The van der Waals surface area contributed by atoms with Crippen molar-refractivity contribution >= 4 is 5.91 Å². The SMILES string of the molecule is Cn1cccc1C(=O)N1CCCCC1c1nnc(-c2ccccc2F)o1. The molecule has 1 aliphatic rings. The smallest absolute Gasteiger partial charge is 0.271 e. The van der Waals surface area contributed by atoms with Gasteiger partial charge in [0.2, 0.25) is 5.89 Å². The molecule has 4 rings (SSSR count). The molecule has 1 atom stereocenters. The van der Waals surface area contributed by atoms with Gasteiger partial charge in [0, 0.05) is 19.8 Å². The van der Waals surface area contributed by atoms with Gasteiger partial charge < -0.3 is 13.9 Å². The van der Waals surface area contributed by atoms with E-state index < -0.39 is 5.82 Å². The third kappa shape index (κ3) is 2.89. The minimum Gasteiger partial charge on any atom is -0.418 e. The molecule has 6 nitrogen and oxygen atoms in total. The molecule has 134 valence electrons. The van der Waals surface area contributed by atoms with Crippen LogP contribution < -0.4 is 0 Å². The Morgan fingerprint density at radius 1 is 1.19 bits per heavy atom. The second-order valence-corrected chi connectivity index (χ2v) is 6.44. The molecular formula is C19H19FN4O2. The Kier molecular flexibility index (Phi) is 4.28. The Balaban J connectivity index is 1.64. The van der Waals surface area contributed by atoms with Crippen LogP contribution in [0.3, 0.4) is 0 Å². The van der Waals surface area contributed by atoms with Crippen molar-refractivity contribution in [3.8, 4) is 11.5 Å². The van der Waals surface area contributed by atoms with Gasteiger partial charge in [0.25, 0.3) is 11.8 Å². The summed E-state index contributed by atoms with van der Waals surface area (Å²) in [4.78, 5) is 14.7. The number of benzene rings is 1. The molecule has 0 N–H and O–H groups in total. The summed E-state index contributed by atoms with van der Waals surface area (Å²) in [7, 11) is 1.84. The molecule has 1 aliphatic heterocycles. The summed E-state index contributed by atoms with van der Waals surface area (Å²) in [6, 6.07) is 9.62. The average molecular weight is 354 g/mol. The van der Waals surface area contributed by atoms with Gasteiger partial charge in [-0.3, -0.25) is 4.79 Å². The molecular weight excluding hydrogens is 335 g/mol. The van der Waals surface area contributed by atoms with E-state index in [1.54, 1.807) is 33.7 Å². The Labute approximate surface area is 150 Å². The van der Waals surface area contributed by atoms with Gasteiger partial charge in [0.1, 0.15) is 17.6 Å². The number of carbonyl (C=O) groups excluding carboxylic acids is 1. The molecule has 0 bridgehead atoms.